The first-order valence-electron chi connectivity index (χ1n) is 8.10. The molecule has 3 rings (SSSR count). The summed E-state index contributed by atoms with van der Waals surface area (Å²) in [5.41, 5.74) is 0.379. The van der Waals surface area contributed by atoms with Gasteiger partial charge in [0.25, 0.3) is 5.91 Å². The predicted octanol–water partition coefficient (Wildman–Crippen LogP) is 2.09. The van der Waals surface area contributed by atoms with Crippen molar-refractivity contribution < 1.29 is 17.9 Å². The van der Waals surface area contributed by atoms with Crippen LogP contribution < -0.4 is 0 Å². The van der Waals surface area contributed by atoms with Crippen molar-refractivity contribution in [1.82, 2.24) is 9.21 Å². The van der Waals surface area contributed by atoms with E-state index in [1.54, 1.807) is 17.0 Å². The zero-order valence-corrected chi connectivity index (χ0v) is 16.0. The van der Waals surface area contributed by atoms with E-state index >= 15 is 0 Å². The fourth-order valence-electron chi connectivity index (χ4n) is 3.08. The molecule has 1 unspecified atom stereocenters. The van der Waals surface area contributed by atoms with Crippen LogP contribution in [0.3, 0.4) is 0 Å². The van der Waals surface area contributed by atoms with Gasteiger partial charge in [0.15, 0.2) is 0 Å². The van der Waals surface area contributed by atoms with Gasteiger partial charge >= 0.3 is 0 Å². The summed E-state index contributed by atoms with van der Waals surface area (Å²) in [4.78, 5) is 14.7. The van der Waals surface area contributed by atoms with E-state index in [9.17, 15) is 13.2 Å². The van der Waals surface area contributed by atoms with Crippen LogP contribution >= 0.6 is 15.9 Å². The van der Waals surface area contributed by atoms with Gasteiger partial charge in [-0.15, -0.1) is 0 Å². The minimum Gasteiger partial charge on any atom is -0.375 e. The molecule has 1 aromatic rings. The molecule has 0 spiro atoms. The number of nitrogens with zero attached hydrogens (tertiary/aromatic N) is 2. The molecule has 1 amide bonds. The molecule has 0 saturated carbocycles. The van der Waals surface area contributed by atoms with Crippen LogP contribution in [0, 0.1) is 0 Å². The Kier molecular flexibility index (Phi) is 5.29. The van der Waals surface area contributed by atoms with Crippen LogP contribution in [-0.2, 0) is 14.8 Å². The number of amides is 1. The average molecular weight is 417 g/mol. The van der Waals surface area contributed by atoms with Crippen LogP contribution in [0.1, 0.15) is 30.1 Å². The smallest absolute Gasteiger partial charge is 0.255 e. The maximum absolute atomic E-state index is 12.8. The molecule has 2 saturated heterocycles. The molecule has 0 aliphatic carbocycles. The van der Waals surface area contributed by atoms with Crippen LogP contribution in [0.2, 0.25) is 0 Å². The molecule has 1 aromatic carbocycles. The molecule has 0 bridgehead atoms. The van der Waals surface area contributed by atoms with E-state index in [1.165, 1.54) is 10.4 Å². The third-order valence-corrected chi connectivity index (χ3v) is 6.99. The van der Waals surface area contributed by atoms with Crippen LogP contribution in [0.5, 0.6) is 0 Å². The number of morpholine rings is 1. The van der Waals surface area contributed by atoms with Gasteiger partial charge in [-0.2, -0.15) is 4.31 Å². The maximum atomic E-state index is 12.8. The van der Waals surface area contributed by atoms with Gasteiger partial charge in [-0.25, -0.2) is 8.42 Å². The van der Waals surface area contributed by atoms with Crippen LogP contribution in [0.4, 0.5) is 0 Å². The maximum Gasteiger partial charge on any atom is 0.255 e. The summed E-state index contributed by atoms with van der Waals surface area (Å²) >= 11 is 3.38. The Morgan fingerprint density at radius 2 is 1.96 bits per heavy atom. The molecular formula is C16H21BrN2O4S. The second-order valence-electron chi connectivity index (χ2n) is 6.19. The number of ether oxygens (including phenoxy) is 1. The number of hydrogen-bond donors (Lipinski definition) is 0. The normalized spacial score (nSPS) is 22.8. The molecule has 2 fully saturated rings. The van der Waals surface area contributed by atoms with E-state index in [0.717, 1.165) is 12.8 Å². The first kappa shape index (κ1) is 17.8. The van der Waals surface area contributed by atoms with Gasteiger partial charge in [0.05, 0.1) is 23.2 Å². The molecule has 6 nitrogen and oxygen atoms in total. The number of hydrogen-bond acceptors (Lipinski definition) is 4. The largest absolute Gasteiger partial charge is 0.375 e. The topological polar surface area (TPSA) is 66.9 Å². The fraction of sp³-hybridized carbons (Fsp3) is 0.562. The van der Waals surface area contributed by atoms with Gasteiger partial charge in [-0.05, 0) is 53.9 Å². The molecule has 2 aliphatic heterocycles. The predicted molar refractivity (Wildman–Crippen MR) is 93.5 cm³/mol. The quantitative estimate of drug-likeness (QED) is 0.756. The molecule has 2 aliphatic rings. The number of benzene rings is 1. The summed E-state index contributed by atoms with van der Waals surface area (Å²) < 4.78 is 33.0. The zero-order valence-electron chi connectivity index (χ0n) is 13.6. The van der Waals surface area contributed by atoms with Gasteiger partial charge in [0.2, 0.25) is 10.0 Å². The molecule has 24 heavy (non-hydrogen) atoms. The number of carbonyl (C=O) groups excluding carboxylic acids is 1. The molecule has 2 heterocycles. The number of carbonyl (C=O) groups is 1. The Hall–Kier alpha value is -0.960. The van der Waals surface area contributed by atoms with E-state index in [0.29, 0.717) is 42.8 Å². The van der Waals surface area contributed by atoms with Gasteiger partial charge in [-0.1, -0.05) is 0 Å². The van der Waals surface area contributed by atoms with E-state index in [-0.39, 0.29) is 16.9 Å². The van der Waals surface area contributed by atoms with Crippen molar-refractivity contribution in [3.05, 3.63) is 28.2 Å². The SMILES string of the molecule is CC1CN(C(=O)c2cc(S(=O)(=O)N3CCCC3)ccc2Br)CCO1. The van der Waals surface area contributed by atoms with Crippen molar-refractivity contribution in [2.45, 2.75) is 30.8 Å². The highest BCUT2D eigenvalue weighted by molar-refractivity contribution is 9.10. The number of sulfonamides is 1. The van der Waals surface area contributed by atoms with Crippen LogP contribution in [0.15, 0.2) is 27.6 Å². The van der Waals surface area contributed by atoms with E-state index in [1.807, 2.05) is 6.92 Å². The highest BCUT2D eigenvalue weighted by atomic mass is 79.9. The van der Waals surface area contributed by atoms with Crippen LogP contribution in [-0.4, -0.2) is 62.4 Å². The standard InChI is InChI=1S/C16H21BrN2O4S/c1-12-11-18(8-9-23-12)16(20)14-10-13(4-5-15(14)17)24(21,22)19-6-2-3-7-19/h4-5,10,12H,2-3,6-9,11H2,1H3. The van der Waals surface area contributed by atoms with Gasteiger partial charge in [0.1, 0.15) is 0 Å². The van der Waals surface area contributed by atoms with Crippen molar-refractivity contribution >= 4 is 31.9 Å². The molecule has 1 atom stereocenters. The lowest BCUT2D eigenvalue weighted by Gasteiger charge is -2.31. The van der Waals surface area contributed by atoms with E-state index in [2.05, 4.69) is 15.9 Å². The summed E-state index contributed by atoms with van der Waals surface area (Å²) in [5, 5.41) is 0. The van der Waals surface area contributed by atoms with Crippen molar-refractivity contribution in [3.8, 4) is 0 Å². The number of rotatable bonds is 3. The second-order valence-corrected chi connectivity index (χ2v) is 8.98. The Bertz CT molecular complexity index is 732. The molecule has 0 radical (unpaired) electrons. The Morgan fingerprint density at radius 1 is 1.25 bits per heavy atom. The second kappa shape index (κ2) is 7.11. The van der Waals surface area contributed by atoms with Crippen molar-refractivity contribution in [1.29, 1.82) is 0 Å². The summed E-state index contributed by atoms with van der Waals surface area (Å²) in [7, 11) is -3.54. The fourth-order valence-corrected chi connectivity index (χ4v) is 5.04. The monoisotopic (exact) mass is 416 g/mol. The molecular weight excluding hydrogens is 396 g/mol. The molecule has 8 heteroatoms. The van der Waals surface area contributed by atoms with Gasteiger partial charge < -0.3 is 9.64 Å². The van der Waals surface area contributed by atoms with Crippen molar-refractivity contribution in [3.63, 3.8) is 0 Å². The van der Waals surface area contributed by atoms with Crippen LogP contribution in [0.25, 0.3) is 0 Å². The minimum atomic E-state index is -3.54. The van der Waals surface area contributed by atoms with E-state index in [4.69, 9.17) is 4.74 Å². The molecule has 0 N–H and O–H groups in total. The van der Waals surface area contributed by atoms with Crippen molar-refractivity contribution in [2.24, 2.45) is 0 Å². The third kappa shape index (κ3) is 3.51. The highest BCUT2D eigenvalue weighted by Crippen LogP contribution is 2.26. The Labute approximate surface area is 150 Å². The summed E-state index contributed by atoms with van der Waals surface area (Å²) in [6.45, 7) is 4.53. The van der Waals surface area contributed by atoms with Crippen molar-refractivity contribution in [2.75, 3.05) is 32.8 Å². The lowest BCUT2D eigenvalue weighted by atomic mass is 10.2. The summed E-state index contributed by atoms with van der Waals surface area (Å²) in [6, 6.07) is 4.68. The lowest BCUT2D eigenvalue weighted by Crippen LogP contribution is -2.44. The highest BCUT2D eigenvalue weighted by Gasteiger charge is 2.29. The first-order chi connectivity index (χ1) is 11.4. The zero-order chi connectivity index (χ0) is 17.3. The Morgan fingerprint density at radius 3 is 2.62 bits per heavy atom. The average Bonchev–Trinajstić information content (AvgIpc) is 3.10. The molecule has 132 valence electrons. The van der Waals surface area contributed by atoms with Gasteiger partial charge in [-0.3, -0.25) is 4.79 Å². The lowest BCUT2D eigenvalue weighted by molar-refractivity contribution is -0.0124. The Balaban J connectivity index is 1.90. The summed E-state index contributed by atoms with van der Waals surface area (Å²) in [6.07, 6.45) is 1.75. The number of halogens is 1. The molecule has 0 aromatic heterocycles. The van der Waals surface area contributed by atoms with E-state index < -0.39 is 10.0 Å². The summed E-state index contributed by atoms with van der Waals surface area (Å²) in [5.74, 6) is -0.171. The van der Waals surface area contributed by atoms with Gasteiger partial charge in [0, 0.05) is 30.7 Å². The minimum absolute atomic E-state index is 0.0157. The first-order valence-corrected chi connectivity index (χ1v) is 10.3. The third-order valence-electron chi connectivity index (χ3n) is 4.40.